The lowest BCUT2D eigenvalue weighted by Gasteiger charge is -1.79. The molecule has 0 fully saturated rings. The van der Waals surface area contributed by atoms with Gasteiger partial charge in [0.05, 0.1) is 0 Å². The Bertz CT molecular complexity index is 169. The van der Waals surface area contributed by atoms with Crippen LogP contribution in [0, 0.1) is 13.8 Å². The van der Waals surface area contributed by atoms with Gasteiger partial charge in [-0.1, -0.05) is 0 Å². The third kappa shape index (κ3) is 0.689. The molecule has 0 saturated carbocycles. The summed E-state index contributed by atoms with van der Waals surface area (Å²) >= 11 is 0. The maximum atomic E-state index is 8.85. The van der Waals surface area contributed by atoms with E-state index in [0.29, 0.717) is 5.76 Å². The standard InChI is InChI=1S/C6H8O2/c1-4-3-6(7)5(2)8-4/h3,7H,1-2H3. The Balaban J connectivity index is 3.14. The van der Waals surface area contributed by atoms with Crippen molar-refractivity contribution in [3.8, 4) is 5.75 Å². The van der Waals surface area contributed by atoms with Crippen LogP contribution in [0.2, 0.25) is 0 Å². The first-order valence-electron chi connectivity index (χ1n) is 2.46. The highest BCUT2D eigenvalue weighted by Gasteiger charge is 1.98. The molecule has 0 atom stereocenters. The second kappa shape index (κ2) is 1.54. The molecule has 1 heterocycles. The predicted molar refractivity (Wildman–Crippen MR) is 29.8 cm³/mol. The van der Waals surface area contributed by atoms with E-state index in [2.05, 4.69) is 0 Å². The lowest BCUT2D eigenvalue weighted by Crippen LogP contribution is -1.57. The Morgan fingerprint density at radius 3 is 2.25 bits per heavy atom. The molecule has 2 nitrogen and oxygen atoms in total. The summed E-state index contributed by atoms with van der Waals surface area (Å²) in [5, 5.41) is 8.85. The van der Waals surface area contributed by atoms with Crippen molar-refractivity contribution in [2.45, 2.75) is 13.8 Å². The Kier molecular flexibility index (Phi) is 1.01. The molecule has 1 rings (SSSR count). The molecular formula is C6H8O2. The first-order valence-corrected chi connectivity index (χ1v) is 2.46. The van der Waals surface area contributed by atoms with Gasteiger partial charge in [0, 0.05) is 6.07 Å². The molecular weight excluding hydrogens is 104 g/mol. The first-order chi connectivity index (χ1) is 3.70. The lowest BCUT2D eigenvalue weighted by molar-refractivity contribution is 0.437. The van der Waals surface area contributed by atoms with Crippen LogP contribution in [0.4, 0.5) is 0 Å². The molecule has 2 heteroatoms. The van der Waals surface area contributed by atoms with Gasteiger partial charge in [0.15, 0.2) is 5.75 Å². The number of aromatic hydroxyl groups is 1. The molecule has 0 spiro atoms. The maximum Gasteiger partial charge on any atom is 0.156 e. The van der Waals surface area contributed by atoms with Gasteiger partial charge in [0.2, 0.25) is 0 Å². The fourth-order valence-electron chi connectivity index (χ4n) is 0.617. The van der Waals surface area contributed by atoms with Gasteiger partial charge in [-0.15, -0.1) is 0 Å². The Morgan fingerprint density at radius 2 is 2.12 bits per heavy atom. The van der Waals surface area contributed by atoms with Gasteiger partial charge in [-0.05, 0) is 13.8 Å². The van der Waals surface area contributed by atoms with Gasteiger partial charge in [-0.2, -0.15) is 0 Å². The second-order valence-electron chi connectivity index (χ2n) is 1.80. The highest BCUT2D eigenvalue weighted by atomic mass is 16.4. The van der Waals surface area contributed by atoms with E-state index in [1.807, 2.05) is 0 Å². The average Bonchev–Trinajstić information content (AvgIpc) is 1.85. The smallest absolute Gasteiger partial charge is 0.156 e. The topological polar surface area (TPSA) is 33.4 Å². The van der Waals surface area contributed by atoms with E-state index in [9.17, 15) is 0 Å². The zero-order chi connectivity index (χ0) is 6.15. The van der Waals surface area contributed by atoms with E-state index in [1.165, 1.54) is 0 Å². The van der Waals surface area contributed by atoms with Crippen LogP contribution < -0.4 is 0 Å². The van der Waals surface area contributed by atoms with Crippen molar-refractivity contribution in [1.82, 2.24) is 0 Å². The van der Waals surface area contributed by atoms with Gasteiger partial charge in [0.1, 0.15) is 11.5 Å². The Hall–Kier alpha value is -0.920. The molecule has 0 bridgehead atoms. The monoisotopic (exact) mass is 112 g/mol. The van der Waals surface area contributed by atoms with Gasteiger partial charge < -0.3 is 9.52 Å². The lowest BCUT2D eigenvalue weighted by atomic mass is 10.4. The van der Waals surface area contributed by atoms with Crippen molar-refractivity contribution in [2.75, 3.05) is 0 Å². The average molecular weight is 112 g/mol. The van der Waals surface area contributed by atoms with Gasteiger partial charge >= 0.3 is 0 Å². The van der Waals surface area contributed by atoms with Crippen LogP contribution >= 0.6 is 0 Å². The molecule has 1 aromatic heterocycles. The molecule has 0 aliphatic carbocycles. The molecule has 44 valence electrons. The molecule has 0 amide bonds. The van der Waals surface area contributed by atoms with Gasteiger partial charge in [-0.25, -0.2) is 0 Å². The van der Waals surface area contributed by atoms with E-state index in [4.69, 9.17) is 9.52 Å². The molecule has 0 radical (unpaired) electrons. The summed E-state index contributed by atoms with van der Waals surface area (Å²) in [6.07, 6.45) is 0. The van der Waals surface area contributed by atoms with E-state index in [1.54, 1.807) is 19.9 Å². The number of rotatable bonds is 0. The van der Waals surface area contributed by atoms with Crippen LogP contribution in [0.3, 0.4) is 0 Å². The van der Waals surface area contributed by atoms with Crippen molar-refractivity contribution in [3.63, 3.8) is 0 Å². The van der Waals surface area contributed by atoms with Crippen LogP contribution in [0.5, 0.6) is 5.75 Å². The number of hydrogen-bond donors (Lipinski definition) is 1. The Labute approximate surface area is 47.7 Å². The maximum absolute atomic E-state index is 8.85. The van der Waals surface area contributed by atoms with Crippen LogP contribution in [-0.2, 0) is 0 Å². The van der Waals surface area contributed by atoms with Crippen molar-refractivity contribution in [3.05, 3.63) is 17.6 Å². The Morgan fingerprint density at radius 1 is 1.50 bits per heavy atom. The molecule has 0 aliphatic rings. The third-order valence-electron chi connectivity index (χ3n) is 1.01. The highest BCUT2D eigenvalue weighted by molar-refractivity contribution is 5.24. The predicted octanol–water partition coefficient (Wildman–Crippen LogP) is 1.60. The number of hydrogen-bond acceptors (Lipinski definition) is 2. The summed E-state index contributed by atoms with van der Waals surface area (Å²) in [6, 6.07) is 1.59. The highest BCUT2D eigenvalue weighted by Crippen LogP contribution is 2.18. The molecule has 1 N–H and O–H groups in total. The molecule has 0 aromatic carbocycles. The van der Waals surface area contributed by atoms with Crippen LogP contribution in [-0.4, -0.2) is 5.11 Å². The van der Waals surface area contributed by atoms with E-state index < -0.39 is 0 Å². The fourth-order valence-corrected chi connectivity index (χ4v) is 0.617. The third-order valence-corrected chi connectivity index (χ3v) is 1.01. The molecule has 8 heavy (non-hydrogen) atoms. The largest absolute Gasteiger partial charge is 0.504 e. The number of aryl methyl sites for hydroxylation is 2. The van der Waals surface area contributed by atoms with Crippen molar-refractivity contribution >= 4 is 0 Å². The summed E-state index contributed by atoms with van der Waals surface area (Å²) in [7, 11) is 0. The first kappa shape index (κ1) is 5.22. The van der Waals surface area contributed by atoms with Gasteiger partial charge in [0.25, 0.3) is 0 Å². The summed E-state index contributed by atoms with van der Waals surface area (Å²) in [5.74, 6) is 1.57. The molecule has 1 aromatic rings. The van der Waals surface area contributed by atoms with Crippen molar-refractivity contribution in [1.29, 1.82) is 0 Å². The van der Waals surface area contributed by atoms with Crippen LogP contribution in [0.1, 0.15) is 11.5 Å². The zero-order valence-electron chi connectivity index (χ0n) is 4.93. The summed E-state index contributed by atoms with van der Waals surface area (Å²) in [6.45, 7) is 3.52. The molecule has 0 saturated heterocycles. The summed E-state index contributed by atoms with van der Waals surface area (Å²) in [5.41, 5.74) is 0. The fraction of sp³-hybridized carbons (Fsp3) is 0.333. The van der Waals surface area contributed by atoms with E-state index in [0.717, 1.165) is 5.76 Å². The van der Waals surface area contributed by atoms with Crippen molar-refractivity contribution in [2.24, 2.45) is 0 Å². The minimum atomic E-state index is 0.238. The van der Waals surface area contributed by atoms with Crippen LogP contribution in [0.25, 0.3) is 0 Å². The zero-order valence-corrected chi connectivity index (χ0v) is 4.93. The minimum Gasteiger partial charge on any atom is -0.504 e. The van der Waals surface area contributed by atoms with E-state index in [-0.39, 0.29) is 5.75 Å². The molecule has 0 unspecified atom stereocenters. The van der Waals surface area contributed by atoms with Gasteiger partial charge in [-0.3, -0.25) is 0 Å². The summed E-state index contributed by atoms with van der Waals surface area (Å²) < 4.78 is 4.96. The minimum absolute atomic E-state index is 0.238. The van der Waals surface area contributed by atoms with E-state index >= 15 is 0 Å². The number of furan rings is 1. The van der Waals surface area contributed by atoms with Crippen molar-refractivity contribution < 1.29 is 9.52 Å². The SMILES string of the molecule is Cc1cc(O)c(C)o1. The molecule has 0 aliphatic heterocycles. The van der Waals surface area contributed by atoms with Crippen LogP contribution in [0.15, 0.2) is 10.5 Å². The quantitative estimate of drug-likeness (QED) is 0.553. The second-order valence-corrected chi connectivity index (χ2v) is 1.80. The normalized spacial score (nSPS) is 9.75. The summed E-state index contributed by atoms with van der Waals surface area (Å²) in [4.78, 5) is 0.